The SMILES string of the molecule is NCC(Cc1ccccc1)Cc1cc(Cl)ccc1F. The lowest BCUT2D eigenvalue weighted by Gasteiger charge is -2.15. The first-order valence-corrected chi connectivity index (χ1v) is 6.74. The number of halogens is 2. The second kappa shape index (κ2) is 6.69. The van der Waals surface area contributed by atoms with Crippen molar-refractivity contribution in [1.29, 1.82) is 0 Å². The lowest BCUT2D eigenvalue weighted by Crippen LogP contribution is -2.19. The fraction of sp³-hybridized carbons (Fsp3) is 0.250. The van der Waals surface area contributed by atoms with Crippen molar-refractivity contribution in [2.75, 3.05) is 6.54 Å². The average molecular weight is 278 g/mol. The Morgan fingerprint density at radius 3 is 2.47 bits per heavy atom. The van der Waals surface area contributed by atoms with Crippen LogP contribution in [0.3, 0.4) is 0 Å². The number of benzene rings is 2. The molecular formula is C16H17ClFN. The Labute approximate surface area is 118 Å². The van der Waals surface area contributed by atoms with Gasteiger partial charge in [0.2, 0.25) is 0 Å². The quantitative estimate of drug-likeness (QED) is 0.883. The van der Waals surface area contributed by atoms with Crippen molar-refractivity contribution in [2.45, 2.75) is 12.8 Å². The highest BCUT2D eigenvalue weighted by Crippen LogP contribution is 2.20. The van der Waals surface area contributed by atoms with Crippen LogP contribution in [0.25, 0.3) is 0 Å². The first-order chi connectivity index (χ1) is 9.19. The molecule has 100 valence electrons. The summed E-state index contributed by atoms with van der Waals surface area (Å²) in [5.74, 6) is 0.00581. The van der Waals surface area contributed by atoms with Crippen LogP contribution >= 0.6 is 11.6 Å². The first-order valence-electron chi connectivity index (χ1n) is 6.37. The maximum atomic E-state index is 13.7. The fourth-order valence-corrected chi connectivity index (χ4v) is 2.39. The van der Waals surface area contributed by atoms with Crippen molar-refractivity contribution >= 4 is 11.6 Å². The van der Waals surface area contributed by atoms with Gasteiger partial charge in [-0.1, -0.05) is 41.9 Å². The molecule has 0 bridgehead atoms. The van der Waals surface area contributed by atoms with E-state index >= 15 is 0 Å². The molecule has 0 aliphatic rings. The van der Waals surface area contributed by atoms with Crippen LogP contribution in [0.5, 0.6) is 0 Å². The second-order valence-electron chi connectivity index (χ2n) is 4.73. The molecule has 2 aromatic rings. The summed E-state index contributed by atoms with van der Waals surface area (Å²) in [5, 5.41) is 0.562. The van der Waals surface area contributed by atoms with E-state index in [2.05, 4.69) is 12.1 Å². The third kappa shape index (κ3) is 4.05. The minimum Gasteiger partial charge on any atom is -0.330 e. The molecule has 3 heteroatoms. The van der Waals surface area contributed by atoms with Gasteiger partial charge in [-0.3, -0.25) is 0 Å². The van der Waals surface area contributed by atoms with Gasteiger partial charge in [-0.2, -0.15) is 0 Å². The van der Waals surface area contributed by atoms with Gasteiger partial charge < -0.3 is 5.73 Å². The molecule has 19 heavy (non-hydrogen) atoms. The molecule has 0 aliphatic heterocycles. The molecule has 0 saturated heterocycles. The smallest absolute Gasteiger partial charge is 0.126 e. The first kappa shape index (κ1) is 14.0. The molecule has 1 nitrogen and oxygen atoms in total. The summed E-state index contributed by atoms with van der Waals surface area (Å²) in [6.07, 6.45) is 1.46. The number of nitrogens with two attached hydrogens (primary N) is 1. The minimum absolute atomic E-state index is 0.212. The Kier molecular flexibility index (Phi) is 4.94. The Morgan fingerprint density at radius 1 is 1.05 bits per heavy atom. The Morgan fingerprint density at radius 2 is 1.79 bits per heavy atom. The fourth-order valence-electron chi connectivity index (χ4n) is 2.20. The van der Waals surface area contributed by atoms with Crippen LogP contribution in [-0.2, 0) is 12.8 Å². The molecule has 0 saturated carbocycles. The van der Waals surface area contributed by atoms with Crippen LogP contribution in [0, 0.1) is 11.7 Å². The monoisotopic (exact) mass is 277 g/mol. The Balaban J connectivity index is 2.09. The van der Waals surface area contributed by atoms with E-state index in [1.165, 1.54) is 11.6 Å². The second-order valence-corrected chi connectivity index (χ2v) is 5.17. The summed E-state index contributed by atoms with van der Waals surface area (Å²) in [6, 6.07) is 14.8. The van der Waals surface area contributed by atoms with E-state index in [0.717, 1.165) is 6.42 Å². The molecule has 1 atom stereocenters. The molecule has 1 unspecified atom stereocenters. The van der Waals surface area contributed by atoms with Gasteiger partial charge in [0.1, 0.15) is 5.82 Å². The molecule has 0 heterocycles. The Bertz CT molecular complexity index is 528. The van der Waals surface area contributed by atoms with Crippen molar-refractivity contribution in [3.8, 4) is 0 Å². The van der Waals surface area contributed by atoms with Crippen molar-refractivity contribution < 1.29 is 4.39 Å². The van der Waals surface area contributed by atoms with Crippen molar-refractivity contribution in [3.63, 3.8) is 0 Å². The number of hydrogen-bond donors (Lipinski definition) is 1. The van der Waals surface area contributed by atoms with Crippen LogP contribution in [0.2, 0.25) is 5.02 Å². The highest BCUT2D eigenvalue weighted by Gasteiger charge is 2.12. The topological polar surface area (TPSA) is 26.0 Å². The van der Waals surface area contributed by atoms with Gasteiger partial charge in [0.05, 0.1) is 0 Å². The largest absolute Gasteiger partial charge is 0.330 e. The van der Waals surface area contributed by atoms with Gasteiger partial charge >= 0.3 is 0 Å². The van der Waals surface area contributed by atoms with Gasteiger partial charge in [-0.25, -0.2) is 4.39 Å². The summed E-state index contributed by atoms with van der Waals surface area (Å²) in [4.78, 5) is 0. The third-order valence-electron chi connectivity index (χ3n) is 3.22. The summed E-state index contributed by atoms with van der Waals surface area (Å²) >= 11 is 5.91. The molecular weight excluding hydrogens is 261 g/mol. The van der Waals surface area contributed by atoms with Gasteiger partial charge in [0, 0.05) is 5.02 Å². The predicted molar refractivity (Wildman–Crippen MR) is 77.8 cm³/mol. The molecule has 2 N–H and O–H groups in total. The maximum Gasteiger partial charge on any atom is 0.126 e. The zero-order chi connectivity index (χ0) is 13.7. The van der Waals surface area contributed by atoms with Crippen LogP contribution in [-0.4, -0.2) is 6.54 Å². The van der Waals surface area contributed by atoms with Crippen molar-refractivity contribution in [3.05, 3.63) is 70.5 Å². The van der Waals surface area contributed by atoms with Crippen LogP contribution in [0.1, 0.15) is 11.1 Å². The molecule has 0 spiro atoms. The van der Waals surface area contributed by atoms with E-state index in [4.69, 9.17) is 17.3 Å². The van der Waals surface area contributed by atoms with E-state index in [-0.39, 0.29) is 11.7 Å². The summed E-state index contributed by atoms with van der Waals surface area (Å²) in [6.45, 7) is 0.529. The maximum absolute atomic E-state index is 13.7. The average Bonchev–Trinajstić information content (AvgIpc) is 2.43. The van der Waals surface area contributed by atoms with Gasteiger partial charge in [-0.05, 0) is 54.6 Å². The van der Waals surface area contributed by atoms with E-state index < -0.39 is 0 Å². The van der Waals surface area contributed by atoms with E-state index in [9.17, 15) is 4.39 Å². The van der Waals surface area contributed by atoms with Gasteiger partial charge in [-0.15, -0.1) is 0 Å². The summed E-state index contributed by atoms with van der Waals surface area (Å²) in [5.41, 5.74) is 7.66. The third-order valence-corrected chi connectivity index (χ3v) is 3.45. The zero-order valence-corrected chi connectivity index (χ0v) is 11.4. The van der Waals surface area contributed by atoms with E-state index in [1.54, 1.807) is 12.1 Å². The molecule has 0 radical (unpaired) electrons. The lowest BCUT2D eigenvalue weighted by molar-refractivity contribution is 0.512. The van der Waals surface area contributed by atoms with Crippen LogP contribution < -0.4 is 5.73 Å². The Hall–Kier alpha value is -1.38. The zero-order valence-electron chi connectivity index (χ0n) is 10.7. The highest BCUT2D eigenvalue weighted by molar-refractivity contribution is 6.30. The normalized spacial score (nSPS) is 12.4. The molecule has 2 aromatic carbocycles. The van der Waals surface area contributed by atoms with Crippen LogP contribution in [0.15, 0.2) is 48.5 Å². The minimum atomic E-state index is -0.212. The van der Waals surface area contributed by atoms with Crippen LogP contribution in [0.4, 0.5) is 4.39 Å². The predicted octanol–water partition coefficient (Wildman–Crippen LogP) is 3.84. The van der Waals surface area contributed by atoms with Gasteiger partial charge in [0.25, 0.3) is 0 Å². The summed E-state index contributed by atoms with van der Waals surface area (Å²) < 4.78 is 13.7. The number of rotatable bonds is 5. The summed E-state index contributed by atoms with van der Waals surface area (Å²) in [7, 11) is 0. The van der Waals surface area contributed by atoms with Crippen molar-refractivity contribution in [1.82, 2.24) is 0 Å². The molecule has 0 fully saturated rings. The lowest BCUT2D eigenvalue weighted by atomic mass is 9.92. The standard InChI is InChI=1S/C16H17ClFN/c17-15-6-7-16(18)14(10-15)9-13(11-19)8-12-4-2-1-3-5-12/h1-7,10,13H,8-9,11,19H2. The van der Waals surface area contributed by atoms with E-state index in [0.29, 0.717) is 23.6 Å². The number of hydrogen-bond acceptors (Lipinski definition) is 1. The van der Waals surface area contributed by atoms with Gasteiger partial charge in [0.15, 0.2) is 0 Å². The molecule has 0 aliphatic carbocycles. The highest BCUT2D eigenvalue weighted by atomic mass is 35.5. The van der Waals surface area contributed by atoms with E-state index in [1.807, 2.05) is 18.2 Å². The molecule has 0 amide bonds. The van der Waals surface area contributed by atoms with Crippen molar-refractivity contribution in [2.24, 2.45) is 11.7 Å². The molecule has 2 rings (SSSR count). The molecule has 0 aromatic heterocycles.